The van der Waals surface area contributed by atoms with E-state index in [0.29, 0.717) is 11.4 Å². The van der Waals surface area contributed by atoms with E-state index >= 15 is 0 Å². The summed E-state index contributed by atoms with van der Waals surface area (Å²) in [7, 11) is 0. The SMILES string of the molecule is CCCCC1=C(C)NC(N)(CCC)C(N)=C1N. The molecule has 1 unspecified atom stereocenters. The lowest BCUT2D eigenvalue weighted by molar-refractivity contribution is 0.378. The minimum Gasteiger partial charge on any atom is -0.397 e. The van der Waals surface area contributed by atoms with Gasteiger partial charge in [-0.1, -0.05) is 26.7 Å². The number of unbranched alkanes of at least 4 members (excludes halogenated alkanes) is 1. The molecule has 4 heteroatoms. The second-order valence-electron chi connectivity index (χ2n) is 4.88. The van der Waals surface area contributed by atoms with Gasteiger partial charge in [0.2, 0.25) is 0 Å². The molecule has 0 saturated heterocycles. The number of nitrogens with one attached hydrogen (secondary N) is 1. The van der Waals surface area contributed by atoms with Gasteiger partial charge in [-0.2, -0.15) is 0 Å². The zero-order chi connectivity index (χ0) is 13.1. The Hall–Kier alpha value is -1.16. The molecule has 1 heterocycles. The summed E-state index contributed by atoms with van der Waals surface area (Å²) in [6, 6.07) is 0. The molecule has 98 valence electrons. The van der Waals surface area contributed by atoms with Gasteiger partial charge in [-0.05, 0) is 31.8 Å². The Morgan fingerprint density at radius 1 is 1.18 bits per heavy atom. The van der Waals surface area contributed by atoms with Crippen molar-refractivity contribution in [3.05, 3.63) is 22.7 Å². The van der Waals surface area contributed by atoms with Crippen molar-refractivity contribution >= 4 is 0 Å². The summed E-state index contributed by atoms with van der Waals surface area (Å²) in [5.74, 6) is 0. The fourth-order valence-electron chi connectivity index (χ4n) is 2.35. The number of hydrogen-bond donors (Lipinski definition) is 4. The van der Waals surface area contributed by atoms with Crippen LogP contribution >= 0.6 is 0 Å². The molecule has 1 atom stereocenters. The van der Waals surface area contributed by atoms with Crippen molar-refractivity contribution in [2.75, 3.05) is 0 Å². The highest BCUT2D eigenvalue weighted by atomic mass is 15.1. The highest BCUT2D eigenvalue weighted by Gasteiger charge is 2.34. The highest BCUT2D eigenvalue weighted by Crippen LogP contribution is 2.28. The van der Waals surface area contributed by atoms with Gasteiger partial charge in [0, 0.05) is 5.70 Å². The molecule has 0 bridgehead atoms. The molecule has 1 aliphatic heterocycles. The second-order valence-corrected chi connectivity index (χ2v) is 4.88. The Bertz CT molecular complexity index is 343. The Kier molecular flexibility index (Phi) is 4.46. The maximum Gasteiger partial charge on any atom is 0.128 e. The van der Waals surface area contributed by atoms with Crippen LogP contribution in [0.2, 0.25) is 0 Å². The average Bonchev–Trinajstić information content (AvgIpc) is 2.26. The number of nitrogens with two attached hydrogens (primary N) is 3. The van der Waals surface area contributed by atoms with Crippen LogP contribution in [0.25, 0.3) is 0 Å². The summed E-state index contributed by atoms with van der Waals surface area (Å²) in [6.45, 7) is 6.28. The monoisotopic (exact) mass is 238 g/mol. The maximum atomic E-state index is 6.28. The molecule has 0 spiro atoms. The summed E-state index contributed by atoms with van der Waals surface area (Å²) in [5.41, 5.74) is 21.3. The largest absolute Gasteiger partial charge is 0.397 e. The third-order valence-corrected chi connectivity index (χ3v) is 3.38. The van der Waals surface area contributed by atoms with Crippen LogP contribution in [0.3, 0.4) is 0 Å². The van der Waals surface area contributed by atoms with Crippen LogP contribution in [-0.4, -0.2) is 5.66 Å². The van der Waals surface area contributed by atoms with E-state index in [1.165, 1.54) is 0 Å². The Balaban J connectivity index is 2.99. The van der Waals surface area contributed by atoms with E-state index in [4.69, 9.17) is 17.2 Å². The summed E-state index contributed by atoms with van der Waals surface area (Å²) in [4.78, 5) is 0. The van der Waals surface area contributed by atoms with Gasteiger partial charge in [0.15, 0.2) is 0 Å². The van der Waals surface area contributed by atoms with Crippen molar-refractivity contribution in [3.8, 4) is 0 Å². The first-order valence-corrected chi connectivity index (χ1v) is 6.49. The molecule has 0 aliphatic carbocycles. The van der Waals surface area contributed by atoms with Crippen LogP contribution in [0.4, 0.5) is 0 Å². The summed E-state index contributed by atoms with van der Waals surface area (Å²) >= 11 is 0. The van der Waals surface area contributed by atoms with Crippen LogP contribution in [0.5, 0.6) is 0 Å². The summed E-state index contributed by atoms with van der Waals surface area (Å²) < 4.78 is 0. The van der Waals surface area contributed by atoms with E-state index in [9.17, 15) is 0 Å². The molecular formula is C13H26N4. The van der Waals surface area contributed by atoms with Crippen molar-refractivity contribution in [1.82, 2.24) is 5.32 Å². The molecule has 0 aromatic heterocycles. The molecule has 4 nitrogen and oxygen atoms in total. The summed E-state index contributed by atoms with van der Waals surface area (Å²) in [5, 5.41) is 3.33. The molecule has 0 saturated carbocycles. The first kappa shape index (κ1) is 13.9. The normalized spacial score (nSPS) is 25.2. The van der Waals surface area contributed by atoms with Crippen LogP contribution in [0, 0.1) is 0 Å². The molecule has 0 aromatic carbocycles. The molecule has 0 fully saturated rings. The fraction of sp³-hybridized carbons (Fsp3) is 0.692. The maximum absolute atomic E-state index is 6.28. The Morgan fingerprint density at radius 3 is 2.35 bits per heavy atom. The Morgan fingerprint density at radius 2 is 1.82 bits per heavy atom. The van der Waals surface area contributed by atoms with Crippen LogP contribution in [0.15, 0.2) is 22.7 Å². The third-order valence-electron chi connectivity index (χ3n) is 3.38. The average molecular weight is 238 g/mol. The predicted octanol–water partition coefficient (Wildman–Crippen LogP) is 1.64. The zero-order valence-corrected chi connectivity index (χ0v) is 11.3. The quantitative estimate of drug-likeness (QED) is 0.586. The highest BCUT2D eigenvalue weighted by molar-refractivity contribution is 5.43. The van der Waals surface area contributed by atoms with Crippen LogP contribution in [-0.2, 0) is 0 Å². The number of rotatable bonds is 5. The van der Waals surface area contributed by atoms with Gasteiger partial charge < -0.3 is 22.5 Å². The van der Waals surface area contributed by atoms with Gasteiger partial charge in [-0.15, -0.1) is 0 Å². The molecule has 0 radical (unpaired) electrons. The van der Waals surface area contributed by atoms with Crippen molar-refractivity contribution in [1.29, 1.82) is 0 Å². The van der Waals surface area contributed by atoms with Crippen molar-refractivity contribution in [3.63, 3.8) is 0 Å². The first-order chi connectivity index (χ1) is 7.96. The zero-order valence-electron chi connectivity index (χ0n) is 11.3. The fourth-order valence-corrected chi connectivity index (χ4v) is 2.35. The van der Waals surface area contributed by atoms with Gasteiger partial charge in [-0.3, -0.25) is 0 Å². The topological polar surface area (TPSA) is 90.1 Å². The van der Waals surface area contributed by atoms with Crippen molar-refractivity contribution < 1.29 is 0 Å². The number of hydrogen-bond acceptors (Lipinski definition) is 4. The molecular weight excluding hydrogens is 212 g/mol. The molecule has 1 rings (SSSR count). The number of allylic oxidation sites excluding steroid dienone is 2. The van der Waals surface area contributed by atoms with E-state index in [2.05, 4.69) is 19.2 Å². The van der Waals surface area contributed by atoms with Gasteiger partial charge in [0.1, 0.15) is 5.66 Å². The second kappa shape index (κ2) is 5.45. The van der Waals surface area contributed by atoms with E-state index in [1.54, 1.807) is 0 Å². The van der Waals surface area contributed by atoms with E-state index in [1.807, 2.05) is 6.92 Å². The first-order valence-electron chi connectivity index (χ1n) is 6.49. The minimum absolute atomic E-state index is 0.594. The van der Waals surface area contributed by atoms with Gasteiger partial charge >= 0.3 is 0 Å². The van der Waals surface area contributed by atoms with Crippen molar-refractivity contribution in [2.45, 2.75) is 58.5 Å². The van der Waals surface area contributed by atoms with Crippen LogP contribution in [0.1, 0.15) is 52.9 Å². The standard InChI is InChI=1S/C13H26N4/c1-4-6-7-10-9(3)17-13(16,8-5-2)12(15)11(10)14/h17H,4-8,14-16H2,1-3H3. The smallest absolute Gasteiger partial charge is 0.128 e. The third kappa shape index (κ3) is 2.75. The predicted molar refractivity (Wildman–Crippen MR) is 72.6 cm³/mol. The van der Waals surface area contributed by atoms with Gasteiger partial charge in [-0.25, -0.2) is 0 Å². The van der Waals surface area contributed by atoms with E-state index in [-0.39, 0.29) is 0 Å². The summed E-state index contributed by atoms with van der Waals surface area (Å²) in [6.07, 6.45) is 4.98. The van der Waals surface area contributed by atoms with E-state index in [0.717, 1.165) is 43.4 Å². The van der Waals surface area contributed by atoms with Gasteiger partial charge in [0.25, 0.3) is 0 Å². The van der Waals surface area contributed by atoms with Gasteiger partial charge in [0.05, 0.1) is 11.4 Å². The molecule has 1 aliphatic rings. The lowest BCUT2D eigenvalue weighted by Crippen LogP contribution is -2.59. The minimum atomic E-state index is -0.668. The van der Waals surface area contributed by atoms with E-state index < -0.39 is 5.66 Å². The molecule has 17 heavy (non-hydrogen) atoms. The lowest BCUT2D eigenvalue weighted by Gasteiger charge is -2.38. The molecule has 0 aromatic rings. The lowest BCUT2D eigenvalue weighted by atomic mass is 9.90. The van der Waals surface area contributed by atoms with Crippen LogP contribution < -0.4 is 22.5 Å². The van der Waals surface area contributed by atoms with Crippen molar-refractivity contribution in [2.24, 2.45) is 17.2 Å². The number of dihydropyridines is 1. The molecule has 7 N–H and O–H groups in total. The Labute approximate surface area is 104 Å². The molecule has 0 amide bonds.